The van der Waals surface area contributed by atoms with E-state index in [4.69, 9.17) is 11.6 Å². The summed E-state index contributed by atoms with van der Waals surface area (Å²) in [5.41, 5.74) is 0. The minimum Gasteiger partial charge on any atom is -0.356 e. The maximum Gasteiger partial charge on any atom is 0.224 e. The molecule has 0 N–H and O–H groups in total. The van der Waals surface area contributed by atoms with Gasteiger partial charge in [0, 0.05) is 25.2 Å². The molecular weight excluding hydrogens is 214 g/mol. The van der Waals surface area contributed by atoms with Gasteiger partial charge in [-0.05, 0) is 30.5 Å². The summed E-state index contributed by atoms with van der Waals surface area (Å²) in [5.74, 6) is 0.915. The van der Waals surface area contributed by atoms with Gasteiger partial charge in [-0.25, -0.2) is 9.97 Å². The molecule has 1 radical (unpaired) electrons. The van der Waals surface area contributed by atoms with Crippen molar-refractivity contribution in [3.05, 3.63) is 17.5 Å². The van der Waals surface area contributed by atoms with Crippen LogP contribution in [0.2, 0.25) is 5.28 Å². The lowest BCUT2D eigenvalue weighted by Gasteiger charge is -2.30. The average Bonchev–Trinajstić information content (AvgIpc) is 2.29. The van der Waals surface area contributed by atoms with Crippen LogP contribution in [0, 0.1) is 5.92 Å². The first-order valence-electron chi connectivity index (χ1n) is 4.91. The van der Waals surface area contributed by atoms with Crippen molar-refractivity contribution in [2.45, 2.75) is 12.8 Å². The molecule has 0 spiro atoms. The standard InChI is InChI=1S/C10H11ClN3O/c11-10-12-4-1-9(13-10)14-5-2-8(7-15)3-6-14/h1,4,8H,2-3,5-6H2. The van der Waals surface area contributed by atoms with Crippen molar-refractivity contribution in [1.82, 2.24) is 9.97 Å². The summed E-state index contributed by atoms with van der Waals surface area (Å²) >= 11 is 5.71. The van der Waals surface area contributed by atoms with Gasteiger partial charge >= 0.3 is 0 Å². The predicted molar refractivity (Wildman–Crippen MR) is 57.7 cm³/mol. The molecular formula is C10H11ClN3O. The number of carbonyl (C=O) groups excluding carboxylic acids is 1. The fraction of sp³-hybridized carbons (Fsp3) is 0.500. The molecule has 79 valence electrons. The van der Waals surface area contributed by atoms with Gasteiger partial charge in [0.05, 0.1) is 0 Å². The van der Waals surface area contributed by atoms with Gasteiger partial charge in [0.25, 0.3) is 0 Å². The van der Waals surface area contributed by atoms with Crippen LogP contribution in [-0.4, -0.2) is 29.3 Å². The molecule has 0 aliphatic carbocycles. The topological polar surface area (TPSA) is 46.1 Å². The molecule has 1 aliphatic rings. The highest BCUT2D eigenvalue weighted by atomic mass is 35.5. The third-order valence-electron chi connectivity index (χ3n) is 2.60. The molecule has 1 saturated heterocycles. The fourth-order valence-electron chi connectivity index (χ4n) is 1.73. The summed E-state index contributed by atoms with van der Waals surface area (Å²) in [6, 6.07) is 1.83. The van der Waals surface area contributed by atoms with E-state index in [9.17, 15) is 4.79 Å². The molecule has 0 atom stereocenters. The van der Waals surface area contributed by atoms with E-state index in [-0.39, 0.29) is 11.2 Å². The van der Waals surface area contributed by atoms with Gasteiger partial charge in [-0.1, -0.05) is 0 Å². The Morgan fingerprint density at radius 2 is 2.20 bits per heavy atom. The number of hydrogen-bond acceptors (Lipinski definition) is 4. The summed E-state index contributed by atoms with van der Waals surface area (Å²) in [6.45, 7) is 1.65. The zero-order valence-corrected chi connectivity index (χ0v) is 8.94. The van der Waals surface area contributed by atoms with Crippen molar-refractivity contribution in [3.8, 4) is 0 Å². The molecule has 1 fully saturated rings. The van der Waals surface area contributed by atoms with E-state index in [1.54, 1.807) is 6.20 Å². The molecule has 2 heterocycles. The lowest BCUT2D eigenvalue weighted by molar-refractivity contribution is 0.456. The zero-order valence-electron chi connectivity index (χ0n) is 8.19. The minimum absolute atomic E-state index is 0.0820. The van der Waals surface area contributed by atoms with Crippen LogP contribution in [0.15, 0.2) is 12.3 Å². The Morgan fingerprint density at radius 1 is 1.47 bits per heavy atom. The number of anilines is 1. The van der Waals surface area contributed by atoms with Gasteiger partial charge in [-0.3, -0.25) is 4.79 Å². The second-order valence-corrected chi connectivity index (χ2v) is 3.90. The predicted octanol–water partition coefficient (Wildman–Crippen LogP) is 1.46. The molecule has 0 amide bonds. The van der Waals surface area contributed by atoms with E-state index in [2.05, 4.69) is 21.2 Å². The van der Waals surface area contributed by atoms with E-state index in [0.717, 1.165) is 31.7 Å². The molecule has 2 rings (SSSR count). The Hall–Kier alpha value is -1.16. The number of rotatable bonds is 2. The van der Waals surface area contributed by atoms with Gasteiger partial charge in [0.15, 0.2) is 0 Å². The largest absolute Gasteiger partial charge is 0.356 e. The van der Waals surface area contributed by atoms with E-state index in [1.807, 2.05) is 6.07 Å². The van der Waals surface area contributed by atoms with Crippen LogP contribution in [0.25, 0.3) is 0 Å². The number of hydrogen-bond donors (Lipinski definition) is 0. The number of aromatic nitrogens is 2. The zero-order chi connectivity index (χ0) is 10.7. The Bertz CT molecular complexity index is 350. The number of halogens is 1. The molecule has 4 nitrogen and oxygen atoms in total. The van der Waals surface area contributed by atoms with Gasteiger partial charge in [-0.15, -0.1) is 0 Å². The van der Waals surface area contributed by atoms with Crippen LogP contribution in [0.5, 0.6) is 0 Å². The van der Waals surface area contributed by atoms with Crippen molar-refractivity contribution in [2.75, 3.05) is 18.0 Å². The second kappa shape index (κ2) is 4.57. The lowest BCUT2D eigenvalue weighted by Crippen LogP contribution is -2.34. The van der Waals surface area contributed by atoms with Crippen molar-refractivity contribution >= 4 is 23.7 Å². The maximum absolute atomic E-state index is 10.5. The molecule has 1 aromatic rings. The number of nitrogens with zero attached hydrogens (tertiary/aromatic N) is 3. The molecule has 0 bridgehead atoms. The Morgan fingerprint density at radius 3 is 2.80 bits per heavy atom. The van der Waals surface area contributed by atoms with E-state index in [1.165, 1.54) is 0 Å². The quantitative estimate of drug-likeness (QED) is 0.714. The third kappa shape index (κ3) is 2.45. The SMILES string of the molecule is O=[C]C1CCN(c2ccnc(Cl)n2)CC1. The second-order valence-electron chi connectivity index (χ2n) is 3.56. The molecule has 0 aromatic carbocycles. The number of piperidine rings is 1. The summed E-state index contributed by atoms with van der Waals surface area (Å²) < 4.78 is 0. The van der Waals surface area contributed by atoms with Crippen LogP contribution >= 0.6 is 11.6 Å². The normalized spacial score (nSPS) is 17.8. The van der Waals surface area contributed by atoms with E-state index < -0.39 is 0 Å². The Kier molecular flexibility index (Phi) is 3.16. The molecule has 5 heteroatoms. The maximum atomic E-state index is 10.5. The van der Waals surface area contributed by atoms with Crippen LogP contribution < -0.4 is 4.90 Å². The van der Waals surface area contributed by atoms with Gasteiger partial charge in [0.1, 0.15) is 5.82 Å². The van der Waals surface area contributed by atoms with E-state index >= 15 is 0 Å². The highest BCUT2D eigenvalue weighted by molar-refractivity contribution is 6.28. The molecule has 1 aromatic heterocycles. The molecule has 15 heavy (non-hydrogen) atoms. The average molecular weight is 225 g/mol. The molecule has 0 unspecified atom stereocenters. The Labute approximate surface area is 93.3 Å². The summed E-state index contributed by atoms with van der Waals surface area (Å²) in [4.78, 5) is 20.5. The van der Waals surface area contributed by atoms with Crippen molar-refractivity contribution in [2.24, 2.45) is 5.92 Å². The van der Waals surface area contributed by atoms with Crippen LogP contribution in [-0.2, 0) is 4.79 Å². The first-order chi connectivity index (χ1) is 7.29. The van der Waals surface area contributed by atoms with Gasteiger partial charge in [-0.2, -0.15) is 0 Å². The molecule has 0 saturated carbocycles. The van der Waals surface area contributed by atoms with Crippen molar-refractivity contribution in [1.29, 1.82) is 0 Å². The van der Waals surface area contributed by atoms with Crippen LogP contribution in [0.4, 0.5) is 5.82 Å². The summed E-state index contributed by atoms with van der Waals surface area (Å²) in [5, 5.41) is 0.261. The molecule has 1 aliphatic heterocycles. The van der Waals surface area contributed by atoms with Crippen molar-refractivity contribution < 1.29 is 4.79 Å². The highest BCUT2D eigenvalue weighted by Gasteiger charge is 2.20. The third-order valence-corrected chi connectivity index (χ3v) is 2.78. The first-order valence-corrected chi connectivity index (χ1v) is 5.28. The minimum atomic E-state index is 0.0820. The smallest absolute Gasteiger partial charge is 0.224 e. The fourth-order valence-corrected chi connectivity index (χ4v) is 1.87. The highest BCUT2D eigenvalue weighted by Crippen LogP contribution is 2.20. The van der Waals surface area contributed by atoms with Crippen LogP contribution in [0.3, 0.4) is 0 Å². The first kappa shape index (κ1) is 10.4. The van der Waals surface area contributed by atoms with E-state index in [0.29, 0.717) is 0 Å². The van der Waals surface area contributed by atoms with Crippen molar-refractivity contribution in [3.63, 3.8) is 0 Å². The summed E-state index contributed by atoms with van der Waals surface area (Å²) in [7, 11) is 0. The van der Waals surface area contributed by atoms with Gasteiger partial charge < -0.3 is 4.90 Å². The van der Waals surface area contributed by atoms with Gasteiger partial charge in [0.2, 0.25) is 11.6 Å². The Balaban J connectivity index is 2.04. The monoisotopic (exact) mass is 224 g/mol. The lowest BCUT2D eigenvalue weighted by atomic mass is 9.99. The van der Waals surface area contributed by atoms with Crippen LogP contribution in [0.1, 0.15) is 12.8 Å². The summed E-state index contributed by atoms with van der Waals surface area (Å²) in [6.07, 6.45) is 5.37.